The molecule has 1 heterocycles. The Labute approximate surface area is 112 Å². The summed E-state index contributed by atoms with van der Waals surface area (Å²) < 4.78 is 0. The summed E-state index contributed by atoms with van der Waals surface area (Å²) in [5.41, 5.74) is 1.51. The van der Waals surface area contributed by atoms with Crippen molar-refractivity contribution in [3.8, 4) is 0 Å². The topological polar surface area (TPSA) is 57.8 Å². The van der Waals surface area contributed by atoms with Gasteiger partial charge in [-0.2, -0.15) is 5.10 Å². The van der Waals surface area contributed by atoms with E-state index < -0.39 is 0 Å². The van der Waals surface area contributed by atoms with Crippen molar-refractivity contribution in [2.24, 2.45) is 5.92 Å². The fraction of sp³-hybridized carbons (Fsp3) is 0.467. The standard InChI is InChI=1S/C15H19N3O/c1-10-5-7-12(8-6-10)17-15(19)13-4-2-3-11-9-16-18-14(11)13/h2-4,9-10,12H,5-8H2,1H3,(H,16,18)(H,17,19). The summed E-state index contributed by atoms with van der Waals surface area (Å²) in [6, 6.07) is 6.02. The van der Waals surface area contributed by atoms with E-state index >= 15 is 0 Å². The van der Waals surface area contributed by atoms with Crippen LogP contribution in [0.25, 0.3) is 10.9 Å². The number of H-pyrrole nitrogens is 1. The van der Waals surface area contributed by atoms with Crippen molar-refractivity contribution in [1.29, 1.82) is 0 Å². The maximum absolute atomic E-state index is 12.3. The van der Waals surface area contributed by atoms with Gasteiger partial charge in [-0.15, -0.1) is 0 Å². The molecule has 0 radical (unpaired) electrons. The van der Waals surface area contributed by atoms with E-state index in [-0.39, 0.29) is 5.91 Å². The summed E-state index contributed by atoms with van der Waals surface area (Å²) in [7, 11) is 0. The molecule has 100 valence electrons. The molecule has 0 aliphatic heterocycles. The van der Waals surface area contributed by atoms with Crippen LogP contribution < -0.4 is 5.32 Å². The van der Waals surface area contributed by atoms with Crippen molar-refractivity contribution in [2.75, 3.05) is 0 Å². The zero-order valence-corrected chi connectivity index (χ0v) is 11.1. The van der Waals surface area contributed by atoms with Crippen molar-refractivity contribution in [1.82, 2.24) is 15.5 Å². The lowest BCUT2D eigenvalue weighted by Crippen LogP contribution is -2.37. The van der Waals surface area contributed by atoms with E-state index in [4.69, 9.17) is 0 Å². The third kappa shape index (κ3) is 2.48. The third-order valence-corrected chi connectivity index (χ3v) is 4.07. The molecule has 2 aromatic rings. The number of nitrogens with one attached hydrogen (secondary N) is 2. The number of fused-ring (bicyclic) bond motifs is 1. The molecular formula is C15H19N3O. The maximum Gasteiger partial charge on any atom is 0.253 e. The van der Waals surface area contributed by atoms with Gasteiger partial charge < -0.3 is 5.32 Å². The van der Waals surface area contributed by atoms with Crippen LogP contribution in [0.2, 0.25) is 0 Å². The fourth-order valence-corrected chi connectivity index (χ4v) is 2.83. The SMILES string of the molecule is CC1CCC(NC(=O)c2cccc3cn[nH]c23)CC1. The second-order valence-electron chi connectivity index (χ2n) is 5.57. The predicted molar refractivity (Wildman–Crippen MR) is 75.0 cm³/mol. The van der Waals surface area contributed by atoms with Crippen LogP contribution in [0.4, 0.5) is 0 Å². The highest BCUT2D eigenvalue weighted by molar-refractivity contribution is 6.05. The van der Waals surface area contributed by atoms with Crippen molar-refractivity contribution >= 4 is 16.8 Å². The monoisotopic (exact) mass is 257 g/mol. The Balaban J connectivity index is 1.75. The number of nitrogens with zero attached hydrogens (tertiary/aromatic N) is 1. The molecule has 1 aromatic carbocycles. The van der Waals surface area contributed by atoms with E-state index in [1.807, 2.05) is 18.2 Å². The van der Waals surface area contributed by atoms with Gasteiger partial charge in [0.2, 0.25) is 0 Å². The zero-order valence-electron chi connectivity index (χ0n) is 11.1. The molecule has 0 saturated heterocycles. The Kier molecular flexibility index (Phi) is 3.23. The normalized spacial score (nSPS) is 23.4. The highest BCUT2D eigenvalue weighted by Crippen LogP contribution is 2.24. The molecule has 1 saturated carbocycles. The molecule has 0 atom stereocenters. The van der Waals surface area contributed by atoms with Gasteiger partial charge in [-0.3, -0.25) is 9.89 Å². The Morgan fingerprint density at radius 1 is 1.32 bits per heavy atom. The molecule has 0 bridgehead atoms. The number of carbonyl (C=O) groups is 1. The molecule has 19 heavy (non-hydrogen) atoms. The molecule has 1 amide bonds. The summed E-state index contributed by atoms with van der Waals surface area (Å²) in [6.07, 6.45) is 6.34. The average molecular weight is 257 g/mol. The first kappa shape index (κ1) is 12.2. The van der Waals surface area contributed by atoms with Crippen molar-refractivity contribution in [3.63, 3.8) is 0 Å². The summed E-state index contributed by atoms with van der Waals surface area (Å²) in [5, 5.41) is 11.0. The highest BCUT2D eigenvalue weighted by atomic mass is 16.1. The second kappa shape index (κ2) is 5.03. The van der Waals surface area contributed by atoms with Crippen LogP contribution in [0.3, 0.4) is 0 Å². The van der Waals surface area contributed by atoms with Gasteiger partial charge >= 0.3 is 0 Å². The minimum Gasteiger partial charge on any atom is -0.349 e. The zero-order chi connectivity index (χ0) is 13.2. The number of para-hydroxylation sites is 1. The highest BCUT2D eigenvalue weighted by Gasteiger charge is 2.21. The van der Waals surface area contributed by atoms with Crippen molar-refractivity contribution in [3.05, 3.63) is 30.0 Å². The summed E-state index contributed by atoms with van der Waals surface area (Å²) in [4.78, 5) is 12.3. The van der Waals surface area contributed by atoms with Crippen LogP contribution in [0, 0.1) is 5.92 Å². The minimum absolute atomic E-state index is 0.00871. The number of aromatic nitrogens is 2. The van der Waals surface area contributed by atoms with Crippen molar-refractivity contribution in [2.45, 2.75) is 38.6 Å². The Bertz CT molecular complexity index is 582. The van der Waals surface area contributed by atoms with E-state index in [2.05, 4.69) is 22.4 Å². The predicted octanol–water partition coefficient (Wildman–Crippen LogP) is 2.87. The number of aromatic amines is 1. The quantitative estimate of drug-likeness (QED) is 0.869. The first-order valence-corrected chi connectivity index (χ1v) is 6.97. The van der Waals surface area contributed by atoms with Crippen LogP contribution in [0.15, 0.2) is 24.4 Å². The number of hydrogen-bond acceptors (Lipinski definition) is 2. The summed E-state index contributed by atoms with van der Waals surface area (Å²) in [6.45, 7) is 2.28. The first-order valence-electron chi connectivity index (χ1n) is 6.97. The molecule has 1 aliphatic carbocycles. The molecule has 2 N–H and O–H groups in total. The molecule has 4 heteroatoms. The van der Waals surface area contributed by atoms with E-state index in [0.717, 1.165) is 29.7 Å². The van der Waals surface area contributed by atoms with Gasteiger partial charge in [0.15, 0.2) is 0 Å². The van der Waals surface area contributed by atoms with Crippen LogP contribution in [-0.2, 0) is 0 Å². The number of amides is 1. The van der Waals surface area contributed by atoms with Gasteiger partial charge in [0.25, 0.3) is 5.91 Å². The number of rotatable bonds is 2. The molecular weight excluding hydrogens is 238 g/mol. The molecule has 3 rings (SSSR count). The van der Waals surface area contributed by atoms with E-state index in [1.165, 1.54) is 12.8 Å². The van der Waals surface area contributed by atoms with Crippen LogP contribution in [0.1, 0.15) is 43.0 Å². The number of hydrogen-bond donors (Lipinski definition) is 2. The van der Waals surface area contributed by atoms with E-state index in [1.54, 1.807) is 6.20 Å². The lowest BCUT2D eigenvalue weighted by Gasteiger charge is -2.26. The lowest BCUT2D eigenvalue weighted by atomic mass is 9.87. The van der Waals surface area contributed by atoms with Gasteiger partial charge in [0.1, 0.15) is 0 Å². The van der Waals surface area contributed by atoms with Crippen LogP contribution >= 0.6 is 0 Å². The number of benzene rings is 1. The third-order valence-electron chi connectivity index (χ3n) is 4.07. The van der Waals surface area contributed by atoms with E-state index in [0.29, 0.717) is 11.6 Å². The lowest BCUT2D eigenvalue weighted by molar-refractivity contribution is 0.0924. The molecule has 0 spiro atoms. The Hall–Kier alpha value is -1.84. The summed E-state index contributed by atoms with van der Waals surface area (Å²) in [5.74, 6) is 0.804. The van der Waals surface area contributed by atoms with Gasteiger partial charge in [0, 0.05) is 11.4 Å². The fourth-order valence-electron chi connectivity index (χ4n) is 2.83. The second-order valence-corrected chi connectivity index (χ2v) is 5.57. The maximum atomic E-state index is 12.3. The van der Waals surface area contributed by atoms with Gasteiger partial charge in [-0.1, -0.05) is 19.1 Å². The van der Waals surface area contributed by atoms with Crippen molar-refractivity contribution < 1.29 is 4.79 Å². The largest absolute Gasteiger partial charge is 0.349 e. The molecule has 0 unspecified atom stereocenters. The van der Waals surface area contributed by atoms with Gasteiger partial charge in [0.05, 0.1) is 17.3 Å². The summed E-state index contributed by atoms with van der Waals surface area (Å²) >= 11 is 0. The first-order chi connectivity index (χ1) is 9.24. The molecule has 1 fully saturated rings. The van der Waals surface area contributed by atoms with Crippen LogP contribution in [-0.4, -0.2) is 22.1 Å². The molecule has 1 aromatic heterocycles. The average Bonchev–Trinajstić information content (AvgIpc) is 2.89. The number of carbonyl (C=O) groups excluding carboxylic acids is 1. The van der Waals surface area contributed by atoms with Gasteiger partial charge in [-0.05, 0) is 37.7 Å². The Morgan fingerprint density at radius 3 is 2.89 bits per heavy atom. The Morgan fingerprint density at radius 2 is 2.11 bits per heavy atom. The smallest absolute Gasteiger partial charge is 0.253 e. The van der Waals surface area contributed by atoms with Gasteiger partial charge in [-0.25, -0.2) is 0 Å². The minimum atomic E-state index is 0.00871. The molecule has 4 nitrogen and oxygen atoms in total. The molecule has 1 aliphatic rings. The van der Waals surface area contributed by atoms with E-state index in [9.17, 15) is 4.79 Å². The van der Waals surface area contributed by atoms with Crippen LogP contribution in [0.5, 0.6) is 0 Å².